The lowest BCUT2D eigenvalue weighted by atomic mass is 10.2. The molecule has 0 atom stereocenters. The molecular formula is C16H17N3O6. The van der Waals surface area contributed by atoms with Crippen LogP contribution >= 0.6 is 0 Å². The van der Waals surface area contributed by atoms with E-state index >= 15 is 0 Å². The van der Waals surface area contributed by atoms with Crippen LogP contribution in [0.2, 0.25) is 0 Å². The fourth-order valence-electron chi connectivity index (χ4n) is 2.29. The fraction of sp³-hybridized carbons (Fsp3) is 0.250. The zero-order chi connectivity index (χ0) is 18.6. The Bertz CT molecular complexity index is 940. The SMILES string of the molecule is C=CCn1c(=O)n(CC=C)c(=O)n(Cc2occc2C(=O)OC)c1=O. The summed E-state index contributed by atoms with van der Waals surface area (Å²) in [6, 6.07) is 1.37. The summed E-state index contributed by atoms with van der Waals surface area (Å²) in [5.74, 6) is -0.595. The fourth-order valence-corrected chi connectivity index (χ4v) is 2.29. The van der Waals surface area contributed by atoms with Crippen LogP contribution in [0.4, 0.5) is 0 Å². The second-order valence-electron chi connectivity index (χ2n) is 4.98. The topological polar surface area (TPSA) is 105 Å². The van der Waals surface area contributed by atoms with Gasteiger partial charge in [0, 0.05) is 0 Å². The number of carbonyl (C=O) groups excluding carboxylic acids is 1. The first-order chi connectivity index (χ1) is 12.0. The molecule has 0 aromatic carbocycles. The number of allylic oxidation sites excluding steroid dienone is 2. The maximum atomic E-state index is 12.5. The highest BCUT2D eigenvalue weighted by Gasteiger charge is 2.20. The van der Waals surface area contributed by atoms with Crippen molar-refractivity contribution in [3.63, 3.8) is 0 Å². The predicted molar refractivity (Wildman–Crippen MR) is 88.8 cm³/mol. The van der Waals surface area contributed by atoms with Gasteiger partial charge in [0.25, 0.3) is 0 Å². The first-order valence-electron chi connectivity index (χ1n) is 7.27. The van der Waals surface area contributed by atoms with Crippen LogP contribution in [0, 0.1) is 0 Å². The molecule has 0 saturated heterocycles. The van der Waals surface area contributed by atoms with Gasteiger partial charge in [-0.2, -0.15) is 0 Å². The van der Waals surface area contributed by atoms with E-state index in [0.29, 0.717) is 0 Å². The molecule has 132 valence electrons. The van der Waals surface area contributed by atoms with Crippen molar-refractivity contribution < 1.29 is 13.9 Å². The monoisotopic (exact) mass is 347 g/mol. The molecule has 0 spiro atoms. The van der Waals surface area contributed by atoms with Gasteiger partial charge in [-0.25, -0.2) is 32.9 Å². The lowest BCUT2D eigenvalue weighted by Gasteiger charge is -2.11. The Kier molecular flexibility index (Phi) is 5.38. The minimum atomic E-state index is -0.831. The van der Waals surface area contributed by atoms with E-state index in [2.05, 4.69) is 17.9 Å². The molecule has 9 heteroatoms. The van der Waals surface area contributed by atoms with Crippen LogP contribution in [0.1, 0.15) is 16.1 Å². The van der Waals surface area contributed by atoms with Gasteiger partial charge in [-0.15, -0.1) is 13.2 Å². The molecule has 0 saturated carbocycles. The number of methoxy groups -OCH3 is 1. The van der Waals surface area contributed by atoms with Crippen molar-refractivity contribution in [1.82, 2.24) is 13.7 Å². The summed E-state index contributed by atoms with van der Waals surface area (Å²) in [4.78, 5) is 49.0. The maximum absolute atomic E-state index is 12.5. The highest BCUT2D eigenvalue weighted by atomic mass is 16.5. The first kappa shape index (κ1) is 18.0. The van der Waals surface area contributed by atoms with Gasteiger partial charge in [0.1, 0.15) is 11.3 Å². The van der Waals surface area contributed by atoms with Crippen LogP contribution in [-0.2, 0) is 24.4 Å². The average molecular weight is 347 g/mol. The molecule has 9 nitrogen and oxygen atoms in total. The van der Waals surface area contributed by atoms with Crippen molar-refractivity contribution in [3.05, 3.63) is 80.4 Å². The van der Waals surface area contributed by atoms with E-state index in [0.717, 1.165) is 13.7 Å². The molecule has 0 unspecified atom stereocenters. The Morgan fingerprint density at radius 2 is 1.60 bits per heavy atom. The summed E-state index contributed by atoms with van der Waals surface area (Å²) in [5.41, 5.74) is -2.34. The molecular weight excluding hydrogens is 330 g/mol. The number of hydrogen-bond donors (Lipinski definition) is 0. The quantitative estimate of drug-likeness (QED) is 0.514. The number of rotatable bonds is 7. The molecule has 0 amide bonds. The van der Waals surface area contributed by atoms with E-state index in [1.54, 1.807) is 0 Å². The number of nitrogens with zero attached hydrogens (tertiary/aromatic N) is 3. The third-order valence-corrected chi connectivity index (χ3v) is 3.46. The Labute approximate surface area is 141 Å². The van der Waals surface area contributed by atoms with E-state index in [1.165, 1.54) is 31.6 Å². The Morgan fingerprint density at radius 3 is 2.08 bits per heavy atom. The number of esters is 1. The lowest BCUT2D eigenvalue weighted by Crippen LogP contribution is -2.54. The number of ether oxygens (including phenoxy) is 1. The summed E-state index contributed by atoms with van der Waals surface area (Å²) in [5, 5.41) is 0. The van der Waals surface area contributed by atoms with Gasteiger partial charge in [-0.1, -0.05) is 12.2 Å². The van der Waals surface area contributed by atoms with Crippen molar-refractivity contribution >= 4 is 5.97 Å². The molecule has 0 aliphatic rings. The van der Waals surface area contributed by atoms with Crippen LogP contribution in [0.25, 0.3) is 0 Å². The second-order valence-corrected chi connectivity index (χ2v) is 4.98. The van der Waals surface area contributed by atoms with Crippen molar-refractivity contribution in [2.45, 2.75) is 19.6 Å². The zero-order valence-electron chi connectivity index (χ0n) is 13.6. The predicted octanol–water partition coefficient (Wildman–Crippen LogP) is -0.0284. The lowest BCUT2D eigenvalue weighted by molar-refractivity contribution is 0.0598. The van der Waals surface area contributed by atoms with Gasteiger partial charge in [-0.05, 0) is 6.07 Å². The van der Waals surface area contributed by atoms with Gasteiger partial charge in [-0.3, -0.25) is 0 Å². The highest BCUT2D eigenvalue weighted by Crippen LogP contribution is 2.12. The van der Waals surface area contributed by atoms with Gasteiger partial charge < -0.3 is 9.15 Å². The minimum Gasteiger partial charge on any atom is -0.467 e. The molecule has 0 aliphatic heterocycles. The summed E-state index contributed by atoms with van der Waals surface area (Å²) in [6.45, 7) is 6.52. The minimum absolute atomic E-state index is 0.0694. The van der Waals surface area contributed by atoms with Crippen LogP contribution in [0.5, 0.6) is 0 Å². The van der Waals surface area contributed by atoms with E-state index in [9.17, 15) is 19.2 Å². The third-order valence-electron chi connectivity index (χ3n) is 3.46. The zero-order valence-corrected chi connectivity index (χ0v) is 13.6. The van der Waals surface area contributed by atoms with E-state index in [4.69, 9.17) is 4.42 Å². The van der Waals surface area contributed by atoms with Crippen LogP contribution in [0.3, 0.4) is 0 Å². The summed E-state index contributed by atoms with van der Waals surface area (Å²) >= 11 is 0. The molecule has 0 bridgehead atoms. The average Bonchev–Trinajstić information content (AvgIpc) is 3.07. The molecule has 0 aliphatic carbocycles. The van der Waals surface area contributed by atoms with E-state index < -0.39 is 23.0 Å². The smallest absolute Gasteiger partial charge is 0.341 e. The Balaban J connectivity index is 2.68. The first-order valence-corrected chi connectivity index (χ1v) is 7.27. The van der Waals surface area contributed by atoms with Crippen molar-refractivity contribution in [2.75, 3.05) is 7.11 Å². The number of aromatic nitrogens is 3. The molecule has 2 rings (SSSR count). The molecule has 2 aromatic heterocycles. The molecule has 0 N–H and O–H groups in total. The van der Waals surface area contributed by atoms with Gasteiger partial charge in [0.05, 0.1) is 33.0 Å². The normalized spacial score (nSPS) is 10.4. The largest absolute Gasteiger partial charge is 0.467 e. The van der Waals surface area contributed by atoms with Crippen LogP contribution in [-0.4, -0.2) is 26.8 Å². The van der Waals surface area contributed by atoms with Crippen molar-refractivity contribution in [2.24, 2.45) is 0 Å². The molecule has 0 fully saturated rings. The van der Waals surface area contributed by atoms with Gasteiger partial charge in [0.15, 0.2) is 0 Å². The standard InChI is InChI=1S/C16H17N3O6/c1-4-7-17-14(21)18(8-5-2)16(23)19(15(17)22)10-12-11(6-9-25-12)13(20)24-3/h4-6,9H,1-2,7-8,10H2,3H3. The molecule has 2 heterocycles. The van der Waals surface area contributed by atoms with E-state index in [1.807, 2.05) is 0 Å². The Morgan fingerprint density at radius 1 is 1.08 bits per heavy atom. The number of hydrogen-bond acceptors (Lipinski definition) is 6. The molecule has 25 heavy (non-hydrogen) atoms. The second kappa shape index (κ2) is 7.47. The van der Waals surface area contributed by atoms with Gasteiger partial charge in [0.2, 0.25) is 0 Å². The number of furan rings is 1. The maximum Gasteiger partial charge on any atom is 0.341 e. The summed E-state index contributed by atoms with van der Waals surface area (Å²) < 4.78 is 12.3. The van der Waals surface area contributed by atoms with E-state index in [-0.39, 0.29) is 31.0 Å². The molecule has 0 radical (unpaired) electrons. The number of carbonyl (C=O) groups is 1. The third kappa shape index (κ3) is 3.30. The summed E-state index contributed by atoms with van der Waals surface area (Å²) in [7, 11) is 1.20. The van der Waals surface area contributed by atoms with Crippen LogP contribution < -0.4 is 17.1 Å². The molecule has 2 aromatic rings. The van der Waals surface area contributed by atoms with Crippen molar-refractivity contribution in [1.29, 1.82) is 0 Å². The van der Waals surface area contributed by atoms with Crippen molar-refractivity contribution in [3.8, 4) is 0 Å². The van der Waals surface area contributed by atoms with Gasteiger partial charge >= 0.3 is 23.0 Å². The Hall–Kier alpha value is -3.36. The summed E-state index contributed by atoms with van der Waals surface area (Å²) in [6.07, 6.45) is 3.97. The highest BCUT2D eigenvalue weighted by molar-refractivity contribution is 5.90. The van der Waals surface area contributed by atoms with Crippen LogP contribution in [0.15, 0.2) is 56.4 Å².